The molecule has 1 aromatic heterocycles. The number of sulfonamides is 1. The van der Waals surface area contributed by atoms with Gasteiger partial charge in [-0.15, -0.1) is 0 Å². The summed E-state index contributed by atoms with van der Waals surface area (Å²) in [5.74, 6) is 0.918. The smallest absolute Gasteiger partial charge is 0.244 e. The molecule has 1 saturated heterocycles. The Morgan fingerprint density at radius 2 is 1.86 bits per heavy atom. The highest BCUT2D eigenvalue weighted by Crippen LogP contribution is 2.26. The van der Waals surface area contributed by atoms with Crippen LogP contribution in [-0.4, -0.2) is 57.3 Å². The van der Waals surface area contributed by atoms with E-state index in [1.807, 2.05) is 18.2 Å². The molecule has 8 heteroatoms. The Morgan fingerprint density at radius 3 is 2.45 bits per heavy atom. The first-order chi connectivity index (χ1) is 13.9. The van der Waals surface area contributed by atoms with Crippen LogP contribution in [0.2, 0.25) is 0 Å². The van der Waals surface area contributed by atoms with Crippen molar-refractivity contribution in [2.24, 2.45) is 5.92 Å². The summed E-state index contributed by atoms with van der Waals surface area (Å²) < 4.78 is 27.5. The lowest BCUT2D eigenvalue weighted by Gasteiger charge is -2.31. The number of rotatable bonds is 7. The Hall–Kier alpha value is -2.45. The second-order valence-electron chi connectivity index (χ2n) is 7.42. The molecule has 1 aliphatic heterocycles. The van der Waals surface area contributed by atoms with E-state index < -0.39 is 10.0 Å². The van der Waals surface area contributed by atoms with Crippen LogP contribution in [0.15, 0.2) is 53.6 Å². The molecule has 1 fully saturated rings. The van der Waals surface area contributed by atoms with Crippen molar-refractivity contribution in [3.63, 3.8) is 0 Å². The topological polar surface area (TPSA) is 82.6 Å². The number of pyridine rings is 1. The van der Waals surface area contributed by atoms with Gasteiger partial charge in [0, 0.05) is 33.4 Å². The van der Waals surface area contributed by atoms with Crippen LogP contribution in [0.3, 0.4) is 0 Å². The maximum absolute atomic E-state index is 13.0. The predicted octanol–water partition coefficient (Wildman–Crippen LogP) is 1.91. The first-order valence-corrected chi connectivity index (χ1v) is 11.3. The minimum atomic E-state index is -3.56. The summed E-state index contributed by atoms with van der Waals surface area (Å²) in [6.45, 7) is 1.21. The minimum Gasteiger partial charge on any atom is -0.358 e. The Balaban J connectivity index is 1.60. The predicted molar refractivity (Wildman–Crippen MR) is 113 cm³/mol. The number of likely N-dealkylation sites (N-methyl/N-ethyl adjacent to an activating group) is 2. The molecule has 3 rings (SSSR count). The van der Waals surface area contributed by atoms with Gasteiger partial charge in [-0.25, -0.2) is 13.4 Å². The Bertz CT molecular complexity index is 909. The number of benzene rings is 1. The number of piperidine rings is 1. The molecule has 0 spiro atoms. The lowest BCUT2D eigenvalue weighted by Crippen LogP contribution is -2.39. The molecule has 7 nitrogen and oxygen atoms in total. The Morgan fingerprint density at radius 1 is 1.17 bits per heavy atom. The average molecular weight is 417 g/mol. The van der Waals surface area contributed by atoms with E-state index in [0.717, 1.165) is 19.3 Å². The van der Waals surface area contributed by atoms with Crippen LogP contribution in [0.25, 0.3) is 0 Å². The molecule has 1 aliphatic rings. The van der Waals surface area contributed by atoms with Crippen LogP contribution >= 0.6 is 0 Å². The molecule has 0 bridgehead atoms. The molecule has 1 N–H and O–H groups in total. The molecule has 29 heavy (non-hydrogen) atoms. The number of nitrogens with one attached hydrogen (secondary N) is 1. The molecule has 156 valence electrons. The van der Waals surface area contributed by atoms with Gasteiger partial charge in [0.25, 0.3) is 0 Å². The largest absolute Gasteiger partial charge is 0.358 e. The molecule has 0 unspecified atom stereocenters. The maximum Gasteiger partial charge on any atom is 0.244 e. The molecule has 0 saturated carbocycles. The number of anilines is 1. The van der Waals surface area contributed by atoms with Gasteiger partial charge in [-0.3, -0.25) is 4.79 Å². The zero-order valence-electron chi connectivity index (χ0n) is 16.9. The van der Waals surface area contributed by atoms with Crippen LogP contribution in [0, 0.1) is 5.92 Å². The normalized spacial score (nSPS) is 15.8. The number of amides is 1. The number of nitrogens with zero attached hydrogens (tertiary/aromatic N) is 3. The number of hydrogen-bond donors (Lipinski definition) is 1. The summed E-state index contributed by atoms with van der Waals surface area (Å²) in [5, 5.41) is 2.55. The van der Waals surface area contributed by atoms with Gasteiger partial charge in [0.2, 0.25) is 15.9 Å². The lowest BCUT2D eigenvalue weighted by atomic mass is 9.91. The summed E-state index contributed by atoms with van der Waals surface area (Å²) in [5.41, 5.74) is 1.30. The third-order valence-corrected chi connectivity index (χ3v) is 7.23. The van der Waals surface area contributed by atoms with E-state index in [-0.39, 0.29) is 17.3 Å². The van der Waals surface area contributed by atoms with Gasteiger partial charge in [-0.2, -0.15) is 4.31 Å². The standard InChI is InChI=1S/C21H28N4O3S/c1-22-21(26)16-24(2)20-9-8-19(15-23-20)29(27,28)25-12-10-18(11-13-25)14-17-6-4-3-5-7-17/h3-9,15,18H,10-14,16H2,1-2H3,(H,22,26). The average Bonchev–Trinajstić information content (AvgIpc) is 2.75. The highest BCUT2D eigenvalue weighted by Gasteiger charge is 2.29. The fourth-order valence-electron chi connectivity index (χ4n) is 3.58. The van der Waals surface area contributed by atoms with Gasteiger partial charge in [0.05, 0.1) is 6.54 Å². The summed E-state index contributed by atoms with van der Waals surface area (Å²) in [6, 6.07) is 13.5. The summed E-state index contributed by atoms with van der Waals surface area (Å²) >= 11 is 0. The summed E-state index contributed by atoms with van der Waals surface area (Å²) in [7, 11) is -0.244. The third-order valence-electron chi connectivity index (χ3n) is 5.35. The fraction of sp³-hybridized carbons (Fsp3) is 0.429. The highest BCUT2D eigenvalue weighted by molar-refractivity contribution is 7.89. The molecular weight excluding hydrogens is 388 g/mol. The van der Waals surface area contributed by atoms with Crippen LogP contribution in [-0.2, 0) is 21.2 Å². The molecule has 0 aliphatic carbocycles. The van der Waals surface area contributed by atoms with Gasteiger partial charge in [-0.05, 0) is 42.9 Å². The van der Waals surface area contributed by atoms with Crippen LogP contribution in [0.4, 0.5) is 5.82 Å². The Labute approximate surface area is 172 Å². The zero-order valence-corrected chi connectivity index (χ0v) is 17.7. The molecule has 1 amide bonds. The molecule has 2 heterocycles. The van der Waals surface area contributed by atoms with Crippen LogP contribution in [0.5, 0.6) is 0 Å². The molecule has 0 atom stereocenters. The quantitative estimate of drug-likeness (QED) is 0.746. The van der Waals surface area contributed by atoms with E-state index in [1.165, 1.54) is 11.8 Å². The number of aromatic nitrogens is 1. The van der Waals surface area contributed by atoms with E-state index in [9.17, 15) is 13.2 Å². The van der Waals surface area contributed by atoms with Gasteiger partial charge in [0.1, 0.15) is 10.7 Å². The summed E-state index contributed by atoms with van der Waals surface area (Å²) in [6.07, 6.45) is 4.08. The van der Waals surface area contributed by atoms with Gasteiger partial charge >= 0.3 is 0 Å². The van der Waals surface area contributed by atoms with E-state index in [1.54, 1.807) is 35.4 Å². The molecular formula is C21H28N4O3S. The fourth-order valence-corrected chi connectivity index (χ4v) is 4.99. The maximum atomic E-state index is 13.0. The van der Waals surface area contributed by atoms with Crippen molar-refractivity contribution in [2.75, 3.05) is 38.6 Å². The Kier molecular flexibility index (Phi) is 6.87. The summed E-state index contributed by atoms with van der Waals surface area (Å²) in [4.78, 5) is 17.6. The van der Waals surface area contributed by atoms with Crippen molar-refractivity contribution in [2.45, 2.75) is 24.2 Å². The highest BCUT2D eigenvalue weighted by atomic mass is 32.2. The van der Waals surface area contributed by atoms with Crippen LogP contribution < -0.4 is 10.2 Å². The van der Waals surface area contributed by atoms with Crippen molar-refractivity contribution < 1.29 is 13.2 Å². The SMILES string of the molecule is CNC(=O)CN(C)c1ccc(S(=O)(=O)N2CCC(Cc3ccccc3)CC2)cn1. The van der Waals surface area contributed by atoms with E-state index in [2.05, 4.69) is 22.4 Å². The van der Waals surface area contributed by atoms with E-state index >= 15 is 0 Å². The van der Waals surface area contributed by atoms with Crippen molar-refractivity contribution in [3.8, 4) is 0 Å². The first kappa shape index (κ1) is 21.3. The number of carbonyl (C=O) groups excluding carboxylic acids is 1. The lowest BCUT2D eigenvalue weighted by molar-refractivity contribution is -0.119. The molecule has 0 radical (unpaired) electrons. The molecule has 1 aromatic carbocycles. The number of carbonyl (C=O) groups is 1. The van der Waals surface area contributed by atoms with Gasteiger partial charge < -0.3 is 10.2 Å². The van der Waals surface area contributed by atoms with Crippen LogP contribution in [0.1, 0.15) is 18.4 Å². The van der Waals surface area contributed by atoms with Crippen molar-refractivity contribution >= 4 is 21.7 Å². The van der Waals surface area contributed by atoms with E-state index in [4.69, 9.17) is 0 Å². The molecule has 2 aromatic rings. The van der Waals surface area contributed by atoms with E-state index in [0.29, 0.717) is 24.8 Å². The second-order valence-corrected chi connectivity index (χ2v) is 9.36. The monoisotopic (exact) mass is 416 g/mol. The van der Waals surface area contributed by atoms with Gasteiger partial charge in [0.15, 0.2) is 0 Å². The zero-order chi connectivity index (χ0) is 20.9. The third kappa shape index (κ3) is 5.33. The first-order valence-electron chi connectivity index (χ1n) is 9.82. The minimum absolute atomic E-state index is 0.135. The van der Waals surface area contributed by atoms with Crippen molar-refractivity contribution in [3.05, 3.63) is 54.2 Å². The van der Waals surface area contributed by atoms with Crippen molar-refractivity contribution in [1.82, 2.24) is 14.6 Å². The van der Waals surface area contributed by atoms with Crippen molar-refractivity contribution in [1.29, 1.82) is 0 Å². The second kappa shape index (κ2) is 9.37. The van der Waals surface area contributed by atoms with Gasteiger partial charge in [-0.1, -0.05) is 30.3 Å². The number of hydrogen-bond acceptors (Lipinski definition) is 5.